The van der Waals surface area contributed by atoms with Crippen molar-refractivity contribution in [2.75, 3.05) is 0 Å². The van der Waals surface area contributed by atoms with E-state index in [1.807, 2.05) is 13.2 Å². The van der Waals surface area contributed by atoms with E-state index in [1.165, 1.54) is 4.68 Å². The van der Waals surface area contributed by atoms with Gasteiger partial charge in [0.2, 0.25) is 0 Å². The van der Waals surface area contributed by atoms with Crippen LogP contribution in [0.2, 0.25) is 0 Å². The molecule has 0 aliphatic carbocycles. The highest BCUT2D eigenvalue weighted by Crippen LogP contribution is 2.01. The van der Waals surface area contributed by atoms with Crippen molar-refractivity contribution in [3.05, 3.63) is 35.9 Å². The Bertz CT molecular complexity index is 497. The second kappa shape index (κ2) is 7.20. The van der Waals surface area contributed by atoms with E-state index >= 15 is 0 Å². The van der Waals surface area contributed by atoms with Crippen molar-refractivity contribution in [3.8, 4) is 0 Å². The number of hydrogen-bond donors (Lipinski definition) is 1. The summed E-state index contributed by atoms with van der Waals surface area (Å²) >= 11 is 0. The van der Waals surface area contributed by atoms with E-state index in [0.29, 0.717) is 13.1 Å². The summed E-state index contributed by atoms with van der Waals surface area (Å²) in [6.07, 6.45) is 2.89. The summed E-state index contributed by atoms with van der Waals surface area (Å²) in [5, 5.41) is 11.3. The molecule has 19 heavy (non-hydrogen) atoms. The third-order valence-corrected chi connectivity index (χ3v) is 2.41. The number of aromatic nitrogens is 4. The lowest BCUT2D eigenvalue weighted by Crippen LogP contribution is -2.14. The average molecular weight is 292 g/mol. The first-order valence-electron chi connectivity index (χ1n) is 5.62. The molecular formula is C11H16ClF2N5. The van der Waals surface area contributed by atoms with E-state index in [2.05, 4.69) is 15.5 Å². The van der Waals surface area contributed by atoms with Gasteiger partial charge in [0.05, 0.1) is 11.9 Å². The maximum absolute atomic E-state index is 12.1. The van der Waals surface area contributed by atoms with Crippen LogP contribution in [-0.4, -0.2) is 26.0 Å². The number of alkyl halides is 2. The zero-order chi connectivity index (χ0) is 13.0. The molecule has 2 heterocycles. The summed E-state index contributed by atoms with van der Waals surface area (Å²) in [4.78, 5) is 0. The van der Waals surface area contributed by atoms with Crippen LogP contribution in [0.25, 0.3) is 0 Å². The first-order chi connectivity index (χ1) is 8.63. The second-order valence-electron chi connectivity index (χ2n) is 4.05. The van der Waals surface area contributed by atoms with Crippen LogP contribution in [0.1, 0.15) is 11.3 Å². The summed E-state index contributed by atoms with van der Waals surface area (Å²) < 4.78 is 27.2. The molecule has 2 aromatic heterocycles. The fourth-order valence-corrected chi connectivity index (χ4v) is 1.64. The van der Waals surface area contributed by atoms with Crippen molar-refractivity contribution in [2.45, 2.75) is 26.1 Å². The van der Waals surface area contributed by atoms with Crippen LogP contribution in [0.15, 0.2) is 24.7 Å². The molecule has 8 heteroatoms. The van der Waals surface area contributed by atoms with Crippen LogP contribution in [0.3, 0.4) is 0 Å². The number of hydrogen-bond acceptors (Lipinski definition) is 3. The van der Waals surface area contributed by atoms with Gasteiger partial charge in [0.1, 0.15) is 6.54 Å². The standard InChI is InChI=1S/C11H15F2N5.ClH/c1-17-7-9(5-15-17)4-14-6-10-2-3-18(16-10)8-11(12)13;/h2-3,5,7,11,14H,4,6,8H2,1H3;1H. The Kier molecular flexibility index (Phi) is 5.91. The van der Waals surface area contributed by atoms with Crippen molar-refractivity contribution >= 4 is 12.4 Å². The fourth-order valence-electron chi connectivity index (χ4n) is 1.64. The molecule has 5 nitrogen and oxygen atoms in total. The Hall–Kier alpha value is -1.47. The van der Waals surface area contributed by atoms with E-state index in [9.17, 15) is 8.78 Å². The predicted octanol–water partition coefficient (Wildman–Crippen LogP) is 1.59. The molecule has 0 unspecified atom stereocenters. The normalized spacial score (nSPS) is 10.7. The van der Waals surface area contributed by atoms with Crippen molar-refractivity contribution in [1.29, 1.82) is 0 Å². The highest BCUT2D eigenvalue weighted by molar-refractivity contribution is 5.85. The van der Waals surface area contributed by atoms with E-state index in [0.717, 1.165) is 11.3 Å². The third-order valence-electron chi connectivity index (χ3n) is 2.41. The minimum Gasteiger partial charge on any atom is -0.307 e. The fraction of sp³-hybridized carbons (Fsp3) is 0.455. The van der Waals surface area contributed by atoms with Crippen molar-refractivity contribution < 1.29 is 8.78 Å². The van der Waals surface area contributed by atoms with Gasteiger partial charge in [0, 0.05) is 38.1 Å². The molecule has 0 fully saturated rings. The topological polar surface area (TPSA) is 47.7 Å². The van der Waals surface area contributed by atoms with Gasteiger partial charge in [-0.05, 0) is 6.07 Å². The van der Waals surface area contributed by atoms with E-state index in [-0.39, 0.29) is 19.0 Å². The lowest BCUT2D eigenvalue weighted by molar-refractivity contribution is 0.121. The van der Waals surface area contributed by atoms with Gasteiger partial charge in [-0.2, -0.15) is 10.2 Å². The summed E-state index contributed by atoms with van der Waals surface area (Å²) in [5.41, 5.74) is 1.82. The Balaban J connectivity index is 0.00000180. The molecule has 0 aromatic carbocycles. The molecule has 0 bridgehead atoms. The largest absolute Gasteiger partial charge is 0.307 e. The van der Waals surface area contributed by atoms with Gasteiger partial charge < -0.3 is 5.32 Å². The van der Waals surface area contributed by atoms with Crippen LogP contribution in [0.4, 0.5) is 8.78 Å². The molecule has 2 aromatic rings. The van der Waals surface area contributed by atoms with Crippen LogP contribution in [0.5, 0.6) is 0 Å². The minimum absolute atomic E-state index is 0. The van der Waals surface area contributed by atoms with Crippen molar-refractivity contribution in [1.82, 2.24) is 24.9 Å². The minimum atomic E-state index is -2.37. The Morgan fingerprint density at radius 2 is 2.16 bits per heavy atom. The summed E-state index contributed by atoms with van der Waals surface area (Å²) in [6.45, 7) is 0.864. The van der Waals surface area contributed by atoms with Crippen molar-refractivity contribution in [2.24, 2.45) is 7.05 Å². The number of halogens is 3. The number of nitrogens with zero attached hydrogens (tertiary/aromatic N) is 4. The van der Waals surface area contributed by atoms with Crippen LogP contribution in [-0.2, 0) is 26.7 Å². The molecular weight excluding hydrogens is 276 g/mol. The molecule has 2 rings (SSSR count). The quantitative estimate of drug-likeness (QED) is 0.879. The van der Waals surface area contributed by atoms with Crippen LogP contribution in [0, 0.1) is 0 Å². The molecule has 0 amide bonds. The highest BCUT2D eigenvalue weighted by Gasteiger charge is 2.05. The summed E-state index contributed by atoms with van der Waals surface area (Å²) in [6, 6.07) is 1.73. The lowest BCUT2D eigenvalue weighted by Gasteiger charge is -2.01. The van der Waals surface area contributed by atoms with E-state index in [1.54, 1.807) is 23.1 Å². The number of aryl methyl sites for hydroxylation is 1. The Labute approximate surface area is 116 Å². The molecule has 0 saturated carbocycles. The van der Waals surface area contributed by atoms with E-state index < -0.39 is 6.43 Å². The average Bonchev–Trinajstić information content (AvgIpc) is 2.88. The molecule has 106 valence electrons. The monoisotopic (exact) mass is 291 g/mol. The van der Waals surface area contributed by atoms with Gasteiger partial charge in [-0.3, -0.25) is 9.36 Å². The second-order valence-corrected chi connectivity index (χ2v) is 4.05. The maximum Gasteiger partial charge on any atom is 0.257 e. The molecule has 0 radical (unpaired) electrons. The molecule has 0 spiro atoms. The van der Waals surface area contributed by atoms with E-state index in [4.69, 9.17) is 0 Å². The molecule has 1 N–H and O–H groups in total. The predicted molar refractivity (Wildman–Crippen MR) is 69.2 cm³/mol. The maximum atomic E-state index is 12.1. The Morgan fingerprint density at radius 3 is 2.79 bits per heavy atom. The van der Waals surface area contributed by atoms with Gasteiger partial charge in [-0.1, -0.05) is 0 Å². The van der Waals surface area contributed by atoms with Crippen LogP contribution >= 0.6 is 12.4 Å². The van der Waals surface area contributed by atoms with Gasteiger partial charge in [0.25, 0.3) is 6.43 Å². The first kappa shape index (κ1) is 15.6. The molecule has 0 aliphatic heterocycles. The smallest absolute Gasteiger partial charge is 0.257 e. The highest BCUT2D eigenvalue weighted by atomic mass is 35.5. The van der Waals surface area contributed by atoms with Gasteiger partial charge >= 0.3 is 0 Å². The Morgan fingerprint density at radius 1 is 1.37 bits per heavy atom. The first-order valence-corrected chi connectivity index (χ1v) is 5.62. The van der Waals surface area contributed by atoms with Gasteiger partial charge in [-0.15, -0.1) is 12.4 Å². The zero-order valence-electron chi connectivity index (χ0n) is 10.5. The summed E-state index contributed by atoms with van der Waals surface area (Å²) in [5.74, 6) is 0. The number of rotatable bonds is 6. The molecule has 0 aliphatic rings. The molecule has 0 saturated heterocycles. The summed E-state index contributed by atoms with van der Waals surface area (Å²) in [7, 11) is 1.86. The van der Waals surface area contributed by atoms with Crippen molar-refractivity contribution in [3.63, 3.8) is 0 Å². The zero-order valence-corrected chi connectivity index (χ0v) is 11.3. The third kappa shape index (κ3) is 4.96. The van der Waals surface area contributed by atoms with Gasteiger partial charge in [-0.25, -0.2) is 8.78 Å². The van der Waals surface area contributed by atoms with Crippen LogP contribution < -0.4 is 5.32 Å². The van der Waals surface area contributed by atoms with Gasteiger partial charge in [0.15, 0.2) is 0 Å². The molecule has 0 atom stereocenters. The number of nitrogens with one attached hydrogen (secondary N) is 1. The lowest BCUT2D eigenvalue weighted by atomic mass is 10.3. The SMILES string of the molecule is Cl.Cn1cc(CNCc2ccn(CC(F)F)n2)cn1.